The number of carbonyl (C=O) groups is 1. The Kier molecular flexibility index (Phi) is 6.44. The molecule has 2 aliphatic rings. The third-order valence-corrected chi connectivity index (χ3v) is 7.24. The molecule has 5 rings (SSSR count). The van der Waals surface area contributed by atoms with E-state index in [1.165, 1.54) is 34.9 Å². The molecule has 32 heavy (non-hydrogen) atoms. The molecule has 0 saturated carbocycles. The summed E-state index contributed by atoms with van der Waals surface area (Å²) in [5.74, 6) is 1.07. The molecule has 2 amide bonds. The van der Waals surface area contributed by atoms with Crippen LogP contribution in [-0.2, 0) is 6.54 Å². The zero-order chi connectivity index (χ0) is 21.8. The second kappa shape index (κ2) is 9.78. The minimum atomic E-state index is 0.113. The number of nitrogens with zero attached hydrogens (tertiary/aromatic N) is 2. The maximum atomic E-state index is 12.8. The molecule has 168 valence electrons. The van der Waals surface area contributed by atoms with Gasteiger partial charge in [0.05, 0.1) is 0 Å². The van der Waals surface area contributed by atoms with Crippen molar-refractivity contribution in [3.8, 4) is 0 Å². The summed E-state index contributed by atoms with van der Waals surface area (Å²) in [6, 6.07) is 19.3. The van der Waals surface area contributed by atoms with Gasteiger partial charge in [0.1, 0.15) is 0 Å². The van der Waals surface area contributed by atoms with Crippen LogP contribution in [-0.4, -0.2) is 53.5 Å². The summed E-state index contributed by atoms with van der Waals surface area (Å²) >= 11 is 0. The van der Waals surface area contributed by atoms with E-state index >= 15 is 0 Å². The molecule has 2 N–H and O–H groups in total. The van der Waals surface area contributed by atoms with Crippen LogP contribution in [0.5, 0.6) is 0 Å². The maximum absolute atomic E-state index is 12.8. The molecular weight excluding hydrogens is 396 g/mol. The number of urea groups is 1. The Morgan fingerprint density at radius 3 is 2.59 bits per heavy atom. The number of aromatic amines is 1. The van der Waals surface area contributed by atoms with Crippen LogP contribution in [0.15, 0.2) is 60.8 Å². The van der Waals surface area contributed by atoms with E-state index in [1.807, 2.05) is 4.90 Å². The lowest BCUT2D eigenvalue weighted by Crippen LogP contribution is -2.47. The largest absolute Gasteiger partial charge is 0.361 e. The number of amides is 2. The van der Waals surface area contributed by atoms with Gasteiger partial charge in [-0.15, -0.1) is 0 Å². The molecule has 5 nitrogen and oxygen atoms in total. The average molecular weight is 431 g/mol. The first-order valence-electron chi connectivity index (χ1n) is 12.1. The third-order valence-electron chi connectivity index (χ3n) is 7.24. The monoisotopic (exact) mass is 430 g/mol. The molecule has 1 aromatic heterocycles. The van der Waals surface area contributed by atoms with Gasteiger partial charge in [-0.05, 0) is 61.3 Å². The van der Waals surface area contributed by atoms with Crippen LogP contribution in [0.2, 0.25) is 0 Å². The van der Waals surface area contributed by atoms with Crippen LogP contribution in [0, 0.1) is 5.92 Å². The Morgan fingerprint density at radius 1 is 0.969 bits per heavy atom. The second-order valence-corrected chi connectivity index (χ2v) is 9.47. The molecule has 0 bridgehead atoms. The van der Waals surface area contributed by atoms with E-state index in [-0.39, 0.29) is 6.03 Å². The average Bonchev–Trinajstić information content (AvgIpc) is 3.28. The molecule has 5 heteroatoms. The Bertz CT molecular complexity index is 1020. The van der Waals surface area contributed by atoms with Gasteiger partial charge in [0.25, 0.3) is 0 Å². The number of hydrogen-bond acceptors (Lipinski definition) is 2. The molecule has 0 radical (unpaired) electrons. The van der Waals surface area contributed by atoms with Gasteiger partial charge >= 0.3 is 6.03 Å². The summed E-state index contributed by atoms with van der Waals surface area (Å²) in [5.41, 5.74) is 3.98. The van der Waals surface area contributed by atoms with Gasteiger partial charge in [0.2, 0.25) is 0 Å². The van der Waals surface area contributed by atoms with Crippen molar-refractivity contribution in [3.05, 3.63) is 71.9 Å². The first-order chi connectivity index (χ1) is 15.8. The highest BCUT2D eigenvalue weighted by atomic mass is 16.2. The second-order valence-electron chi connectivity index (χ2n) is 9.47. The zero-order valence-electron chi connectivity index (χ0n) is 18.8. The minimum Gasteiger partial charge on any atom is -0.361 e. The molecule has 2 aliphatic heterocycles. The highest BCUT2D eigenvalue weighted by molar-refractivity contribution is 5.83. The van der Waals surface area contributed by atoms with Gasteiger partial charge in [0.15, 0.2) is 0 Å². The zero-order valence-corrected chi connectivity index (χ0v) is 18.8. The lowest BCUT2D eigenvalue weighted by molar-refractivity contribution is 0.155. The lowest BCUT2D eigenvalue weighted by atomic mass is 9.89. The molecule has 2 saturated heterocycles. The number of piperidine rings is 2. The van der Waals surface area contributed by atoms with Crippen LogP contribution in [0.4, 0.5) is 4.79 Å². The fourth-order valence-corrected chi connectivity index (χ4v) is 5.47. The number of rotatable bonds is 5. The summed E-state index contributed by atoms with van der Waals surface area (Å²) in [7, 11) is 0. The van der Waals surface area contributed by atoms with Crippen LogP contribution in [0.3, 0.4) is 0 Å². The molecule has 3 aromatic rings. The van der Waals surface area contributed by atoms with E-state index < -0.39 is 0 Å². The molecule has 1 unspecified atom stereocenters. The van der Waals surface area contributed by atoms with E-state index in [2.05, 4.69) is 76.0 Å². The Morgan fingerprint density at radius 2 is 1.75 bits per heavy atom. The summed E-state index contributed by atoms with van der Waals surface area (Å²) in [4.78, 5) is 20.8. The smallest absolute Gasteiger partial charge is 0.317 e. The number of H-pyrrole nitrogens is 1. The number of fused-ring (bicyclic) bond motifs is 1. The van der Waals surface area contributed by atoms with Crippen molar-refractivity contribution in [2.75, 3.05) is 32.7 Å². The predicted octanol–water partition coefficient (Wildman–Crippen LogP) is 4.97. The first-order valence-corrected chi connectivity index (χ1v) is 12.1. The number of nitrogens with one attached hydrogen (secondary N) is 2. The highest BCUT2D eigenvalue weighted by Crippen LogP contribution is 2.33. The summed E-state index contributed by atoms with van der Waals surface area (Å²) < 4.78 is 0. The van der Waals surface area contributed by atoms with Crippen LogP contribution >= 0.6 is 0 Å². The van der Waals surface area contributed by atoms with Gasteiger partial charge in [-0.2, -0.15) is 0 Å². The fourth-order valence-electron chi connectivity index (χ4n) is 5.47. The van der Waals surface area contributed by atoms with E-state index in [9.17, 15) is 4.79 Å². The van der Waals surface area contributed by atoms with E-state index in [0.717, 1.165) is 52.1 Å². The van der Waals surface area contributed by atoms with Gasteiger partial charge in [-0.1, -0.05) is 48.5 Å². The summed E-state index contributed by atoms with van der Waals surface area (Å²) in [6.45, 7) is 5.68. The van der Waals surface area contributed by atoms with E-state index in [1.54, 1.807) is 0 Å². The quantitative estimate of drug-likeness (QED) is 0.600. The first kappa shape index (κ1) is 21.1. The van der Waals surface area contributed by atoms with Crippen molar-refractivity contribution in [3.63, 3.8) is 0 Å². The number of likely N-dealkylation sites (tertiary alicyclic amines) is 2. The van der Waals surface area contributed by atoms with Gasteiger partial charge in [0, 0.05) is 49.8 Å². The third kappa shape index (κ3) is 4.83. The minimum absolute atomic E-state index is 0.113. The van der Waals surface area contributed by atoms with Gasteiger partial charge < -0.3 is 15.2 Å². The molecule has 0 spiro atoms. The van der Waals surface area contributed by atoms with Crippen LogP contribution in [0.25, 0.3) is 10.9 Å². The lowest BCUT2D eigenvalue weighted by Gasteiger charge is -2.35. The van der Waals surface area contributed by atoms with Crippen molar-refractivity contribution < 1.29 is 4.79 Å². The predicted molar refractivity (Wildman–Crippen MR) is 130 cm³/mol. The molecular formula is C27H34N4O. The SMILES string of the molecule is O=C(NCC1CCCN(Cc2ccccc2)C1)N1CCC(c2c[nH]c3ccccc23)CC1. The van der Waals surface area contributed by atoms with Crippen molar-refractivity contribution in [2.45, 2.75) is 38.1 Å². The van der Waals surface area contributed by atoms with Crippen molar-refractivity contribution >= 4 is 16.9 Å². The topological polar surface area (TPSA) is 51.4 Å². The molecule has 3 heterocycles. The molecule has 2 fully saturated rings. The maximum Gasteiger partial charge on any atom is 0.317 e. The van der Waals surface area contributed by atoms with Crippen LogP contribution in [0.1, 0.15) is 42.7 Å². The molecule has 2 aromatic carbocycles. The Hall–Kier alpha value is -2.79. The number of aromatic nitrogens is 1. The summed E-state index contributed by atoms with van der Waals surface area (Å²) in [6.07, 6.45) is 6.64. The molecule has 1 atom stereocenters. The number of hydrogen-bond donors (Lipinski definition) is 2. The van der Waals surface area contributed by atoms with E-state index in [0.29, 0.717) is 11.8 Å². The number of para-hydroxylation sites is 1. The van der Waals surface area contributed by atoms with Crippen molar-refractivity contribution in [1.29, 1.82) is 0 Å². The Balaban J connectivity index is 1.08. The number of carbonyl (C=O) groups excluding carboxylic acids is 1. The number of benzene rings is 2. The normalized spacial score (nSPS) is 20.5. The van der Waals surface area contributed by atoms with Crippen molar-refractivity contribution in [1.82, 2.24) is 20.1 Å². The van der Waals surface area contributed by atoms with Crippen LogP contribution < -0.4 is 5.32 Å². The van der Waals surface area contributed by atoms with Gasteiger partial charge in [-0.25, -0.2) is 4.79 Å². The van der Waals surface area contributed by atoms with Gasteiger partial charge in [-0.3, -0.25) is 4.90 Å². The Labute approximate surface area is 190 Å². The summed E-state index contributed by atoms with van der Waals surface area (Å²) in [5, 5.41) is 4.57. The molecule has 0 aliphatic carbocycles. The highest BCUT2D eigenvalue weighted by Gasteiger charge is 2.26. The standard InChI is InChI=1S/C27H34N4O/c32-27(29-17-22-9-6-14-30(20-22)19-21-7-2-1-3-8-21)31-15-12-23(13-16-31)25-18-28-26-11-5-4-10-24(25)26/h1-5,7-8,10-11,18,22-23,28H,6,9,12-17,19-20H2,(H,29,32). The van der Waals surface area contributed by atoms with E-state index in [4.69, 9.17) is 0 Å². The van der Waals surface area contributed by atoms with Crippen molar-refractivity contribution in [2.24, 2.45) is 5.92 Å². The fraction of sp³-hybridized carbons (Fsp3) is 0.444.